The van der Waals surface area contributed by atoms with E-state index in [-0.39, 0.29) is 5.91 Å². The molecule has 1 saturated heterocycles. The maximum absolute atomic E-state index is 11.0. The lowest BCUT2D eigenvalue weighted by atomic mass is 10.2. The molecule has 1 aliphatic rings. The van der Waals surface area contributed by atoms with Gasteiger partial charge in [-0.15, -0.1) is 0 Å². The molecule has 0 aromatic heterocycles. The van der Waals surface area contributed by atoms with Crippen LogP contribution in [0.4, 0.5) is 0 Å². The van der Waals surface area contributed by atoms with E-state index in [4.69, 9.17) is 0 Å². The summed E-state index contributed by atoms with van der Waals surface area (Å²) in [5, 5.41) is 3.00. The van der Waals surface area contributed by atoms with Gasteiger partial charge in [-0.25, -0.2) is 4.31 Å². The van der Waals surface area contributed by atoms with Crippen LogP contribution < -0.4 is 5.32 Å². The number of nitrogens with zero attached hydrogens (tertiary/aromatic N) is 1. The fourth-order valence-electron chi connectivity index (χ4n) is 1.34. The molecular formula is C8H16N2OS. The minimum absolute atomic E-state index is 0.169. The van der Waals surface area contributed by atoms with Crippen molar-refractivity contribution in [3.63, 3.8) is 0 Å². The average Bonchev–Trinajstić information content (AvgIpc) is 2.52. The third-order valence-corrected chi connectivity index (χ3v) is 2.94. The van der Waals surface area contributed by atoms with Crippen molar-refractivity contribution < 1.29 is 4.79 Å². The Bertz CT molecular complexity index is 163. The molecule has 0 aromatic rings. The van der Waals surface area contributed by atoms with Gasteiger partial charge in [-0.3, -0.25) is 4.79 Å². The molecule has 3 nitrogen and oxygen atoms in total. The number of nitrogens with one attached hydrogen (secondary N) is 1. The van der Waals surface area contributed by atoms with Crippen LogP contribution in [0.15, 0.2) is 0 Å². The number of hydrogen-bond acceptors (Lipinski definition) is 3. The van der Waals surface area contributed by atoms with Gasteiger partial charge in [0.2, 0.25) is 5.91 Å². The molecule has 1 unspecified atom stereocenters. The Morgan fingerprint density at radius 3 is 3.00 bits per heavy atom. The second kappa shape index (κ2) is 4.72. The summed E-state index contributed by atoms with van der Waals surface area (Å²) in [6.45, 7) is 3.97. The van der Waals surface area contributed by atoms with Crippen molar-refractivity contribution in [2.75, 3.05) is 19.3 Å². The normalized spacial score (nSPS) is 24.3. The van der Waals surface area contributed by atoms with E-state index in [0.717, 1.165) is 19.5 Å². The van der Waals surface area contributed by atoms with Gasteiger partial charge in [0.1, 0.15) is 0 Å². The summed E-state index contributed by atoms with van der Waals surface area (Å²) in [4.78, 5) is 11.0. The summed E-state index contributed by atoms with van der Waals surface area (Å²) in [7, 11) is 0. The highest BCUT2D eigenvalue weighted by Gasteiger charge is 2.22. The van der Waals surface area contributed by atoms with Crippen LogP contribution >= 0.6 is 11.9 Å². The predicted molar refractivity (Wildman–Crippen MR) is 51.9 cm³/mol. The van der Waals surface area contributed by atoms with Crippen LogP contribution in [-0.4, -0.2) is 35.6 Å². The van der Waals surface area contributed by atoms with E-state index in [9.17, 15) is 4.79 Å². The van der Waals surface area contributed by atoms with Crippen molar-refractivity contribution in [1.82, 2.24) is 9.62 Å². The van der Waals surface area contributed by atoms with Gasteiger partial charge in [-0.05, 0) is 12.7 Å². The van der Waals surface area contributed by atoms with Crippen LogP contribution in [0.2, 0.25) is 0 Å². The number of hydrogen-bond donors (Lipinski definition) is 1. The second-order valence-corrected chi connectivity index (χ2v) is 3.86. The first-order valence-electron chi connectivity index (χ1n) is 4.34. The van der Waals surface area contributed by atoms with Crippen molar-refractivity contribution in [2.45, 2.75) is 25.8 Å². The molecule has 4 heteroatoms. The van der Waals surface area contributed by atoms with Gasteiger partial charge in [-0.2, -0.15) is 0 Å². The summed E-state index contributed by atoms with van der Waals surface area (Å²) >= 11 is 1.75. The fraction of sp³-hybridized carbons (Fsp3) is 0.875. The molecule has 1 atom stereocenters. The van der Waals surface area contributed by atoms with Crippen LogP contribution in [0.1, 0.15) is 19.8 Å². The van der Waals surface area contributed by atoms with E-state index in [0.29, 0.717) is 12.5 Å². The smallest absolute Gasteiger partial charge is 0.219 e. The van der Waals surface area contributed by atoms with E-state index in [1.807, 2.05) is 6.92 Å². The van der Waals surface area contributed by atoms with Crippen molar-refractivity contribution in [3.8, 4) is 0 Å². The first-order chi connectivity index (χ1) is 5.76. The molecule has 0 aliphatic carbocycles. The SMILES string of the molecule is CCC(=O)NC1CCN(SC)C1. The summed E-state index contributed by atoms with van der Waals surface area (Å²) < 4.78 is 2.28. The van der Waals surface area contributed by atoms with Gasteiger partial charge in [0, 0.05) is 25.6 Å². The molecule has 70 valence electrons. The maximum atomic E-state index is 11.0. The van der Waals surface area contributed by atoms with Gasteiger partial charge >= 0.3 is 0 Å². The van der Waals surface area contributed by atoms with Gasteiger partial charge in [0.05, 0.1) is 0 Å². The molecule has 0 aromatic carbocycles. The first kappa shape index (κ1) is 9.86. The quantitative estimate of drug-likeness (QED) is 0.667. The molecule has 0 radical (unpaired) electrons. The lowest BCUT2D eigenvalue weighted by molar-refractivity contribution is -0.121. The molecule has 0 spiro atoms. The zero-order chi connectivity index (χ0) is 8.97. The van der Waals surface area contributed by atoms with E-state index in [2.05, 4.69) is 15.9 Å². The summed E-state index contributed by atoms with van der Waals surface area (Å²) in [5.41, 5.74) is 0. The van der Waals surface area contributed by atoms with Crippen molar-refractivity contribution in [1.29, 1.82) is 0 Å². The highest BCUT2D eigenvalue weighted by atomic mass is 32.2. The molecular weight excluding hydrogens is 172 g/mol. The molecule has 1 fully saturated rings. The van der Waals surface area contributed by atoms with Gasteiger partial charge in [-0.1, -0.05) is 18.9 Å². The number of amides is 1. The van der Waals surface area contributed by atoms with Crippen molar-refractivity contribution in [3.05, 3.63) is 0 Å². The van der Waals surface area contributed by atoms with Crippen molar-refractivity contribution >= 4 is 17.9 Å². The Morgan fingerprint density at radius 2 is 2.50 bits per heavy atom. The molecule has 1 rings (SSSR count). The minimum Gasteiger partial charge on any atom is -0.352 e. The lowest BCUT2D eigenvalue weighted by Crippen LogP contribution is -2.35. The van der Waals surface area contributed by atoms with Crippen LogP contribution in [0.5, 0.6) is 0 Å². The second-order valence-electron chi connectivity index (χ2n) is 2.98. The number of carbonyl (C=O) groups is 1. The van der Waals surface area contributed by atoms with Crippen LogP contribution in [-0.2, 0) is 4.79 Å². The Labute approximate surface area is 78.0 Å². The van der Waals surface area contributed by atoms with Gasteiger partial charge < -0.3 is 5.32 Å². The third kappa shape index (κ3) is 2.68. The molecule has 1 aliphatic heterocycles. The van der Waals surface area contributed by atoms with E-state index in [1.54, 1.807) is 11.9 Å². The average molecular weight is 188 g/mol. The largest absolute Gasteiger partial charge is 0.352 e. The van der Waals surface area contributed by atoms with Gasteiger partial charge in [0.25, 0.3) is 0 Å². The van der Waals surface area contributed by atoms with E-state index < -0.39 is 0 Å². The molecule has 1 heterocycles. The summed E-state index contributed by atoms with van der Waals surface area (Å²) in [6, 6.07) is 0.380. The van der Waals surface area contributed by atoms with Crippen LogP contribution in [0, 0.1) is 0 Å². The maximum Gasteiger partial charge on any atom is 0.219 e. The Hall–Kier alpha value is -0.220. The van der Waals surface area contributed by atoms with Crippen LogP contribution in [0.25, 0.3) is 0 Å². The lowest BCUT2D eigenvalue weighted by Gasteiger charge is -2.12. The molecule has 12 heavy (non-hydrogen) atoms. The fourth-order valence-corrected chi connectivity index (χ4v) is 1.96. The highest BCUT2D eigenvalue weighted by Crippen LogP contribution is 2.15. The van der Waals surface area contributed by atoms with E-state index in [1.165, 1.54) is 0 Å². The third-order valence-electron chi connectivity index (χ3n) is 2.10. The Morgan fingerprint density at radius 1 is 1.75 bits per heavy atom. The number of rotatable bonds is 3. The summed E-state index contributed by atoms with van der Waals surface area (Å²) in [6.07, 6.45) is 3.76. The molecule has 1 amide bonds. The van der Waals surface area contributed by atoms with Crippen molar-refractivity contribution in [2.24, 2.45) is 0 Å². The van der Waals surface area contributed by atoms with Gasteiger partial charge in [0.15, 0.2) is 0 Å². The topological polar surface area (TPSA) is 32.3 Å². The first-order valence-corrected chi connectivity index (χ1v) is 5.52. The zero-order valence-corrected chi connectivity index (χ0v) is 8.49. The van der Waals surface area contributed by atoms with Crippen LogP contribution in [0.3, 0.4) is 0 Å². The molecule has 0 bridgehead atoms. The number of carbonyl (C=O) groups excluding carboxylic acids is 1. The Kier molecular flexibility index (Phi) is 3.88. The monoisotopic (exact) mass is 188 g/mol. The van der Waals surface area contributed by atoms with E-state index >= 15 is 0 Å². The Balaban J connectivity index is 2.23. The molecule has 0 saturated carbocycles. The minimum atomic E-state index is 0.169. The molecule has 1 N–H and O–H groups in total. The predicted octanol–water partition coefficient (Wildman–Crippen LogP) is 0.865. The standard InChI is InChI=1S/C8H16N2OS/c1-3-8(11)9-7-4-5-10(6-7)12-2/h7H,3-6H2,1-2H3,(H,9,11). The summed E-state index contributed by atoms with van der Waals surface area (Å²) in [5.74, 6) is 0.169. The zero-order valence-electron chi connectivity index (χ0n) is 7.67. The highest BCUT2D eigenvalue weighted by molar-refractivity contribution is 7.96.